The van der Waals surface area contributed by atoms with E-state index in [1.807, 2.05) is 23.6 Å². The molecule has 1 fully saturated rings. The predicted octanol–water partition coefficient (Wildman–Crippen LogP) is 2.60. The van der Waals surface area contributed by atoms with Gasteiger partial charge in [-0.3, -0.25) is 4.90 Å². The topological polar surface area (TPSA) is 51.7 Å². The van der Waals surface area contributed by atoms with E-state index in [9.17, 15) is 4.79 Å². The third-order valence-corrected chi connectivity index (χ3v) is 4.44. The molecule has 1 aromatic heterocycles. The molecule has 24 heavy (non-hydrogen) atoms. The molecule has 1 saturated heterocycles. The Morgan fingerprint density at radius 1 is 1.42 bits per heavy atom. The number of rotatable bonds is 6. The molecule has 6 heteroatoms. The number of carbonyl (C=O) groups excluding carboxylic acids is 1. The fourth-order valence-electron chi connectivity index (χ4n) is 2.55. The Labute approximate surface area is 145 Å². The summed E-state index contributed by atoms with van der Waals surface area (Å²) >= 11 is 1.48. The molecule has 126 valence electrons. The standard InChI is InChI=1S/C18H20N2O3S/c21-18(7-6-17-19-8-11-24-17)23-14-16-13-20(9-10-22-16)12-15-4-2-1-3-5-15/h1-8,11,16H,9-10,12-14H2/b7-6-/t16-/m1/s1. The highest BCUT2D eigenvalue weighted by molar-refractivity contribution is 7.10. The minimum absolute atomic E-state index is 0.0836. The molecule has 1 aliphatic rings. The Balaban J connectivity index is 1.43. The monoisotopic (exact) mass is 344 g/mol. The van der Waals surface area contributed by atoms with Crippen LogP contribution in [0.15, 0.2) is 48.0 Å². The molecule has 0 spiro atoms. The highest BCUT2D eigenvalue weighted by Gasteiger charge is 2.21. The summed E-state index contributed by atoms with van der Waals surface area (Å²) in [5, 5.41) is 2.65. The normalized spacial score (nSPS) is 18.8. The van der Waals surface area contributed by atoms with Gasteiger partial charge < -0.3 is 9.47 Å². The first-order valence-electron chi connectivity index (χ1n) is 7.92. The molecule has 0 aliphatic carbocycles. The number of esters is 1. The first-order valence-corrected chi connectivity index (χ1v) is 8.80. The summed E-state index contributed by atoms with van der Waals surface area (Å²) in [4.78, 5) is 18.2. The lowest BCUT2D eigenvalue weighted by Gasteiger charge is -2.32. The maximum Gasteiger partial charge on any atom is 0.330 e. The van der Waals surface area contributed by atoms with E-state index >= 15 is 0 Å². The van der Waals surface area contributed by atoms with Crippen LogP contribution in [0.25, 0.3) is 6.08 Å². The van der Waals surface area contributed by atoms with Gasteiger partial charge in [-0.2, -0.15) is 0 Å². The van der Waals surface area contributed by atoms with Gasteiger partial charge in [0.25, 0.3) is 0 Å². The van der Waals surface area contributed by atoms with Crippen LogP contribution in [-0.2, 0) is 20.8 Å². The van der Waals surface area contributed by atoms with E-state index in [4.69, 9.17) is 9.47 Å². The molecule has 3 rings (SSSR count). The highest BCUT2D eigenvalue weighted by Crippen LogP contribution is 2.11. The van der Waals surface area contributed by atoms with E-state index in [1.165, 1.54) is 23.0 Å². The molecule has 0 saturated carbocycles. The summed E-state index contributed by atoms with van der Waals surface area (Å²) in [5.74, 6) is -0.367. The van der Waals surface area contributed by atoms with Gasteiger partial charge in [0.15, 0.2) is 0 Å². The van der Waals surface area contributed by atoms with Crippen molar-refractivity contribution in [1.29, 1.82) is 0 Å². The predicted molar refractivity (Wildman–Crippen MR) is 93.6 cm³/mol. The van der Waals surface area contributed by atoms with E-state index in [0.29, 0.717) is 6.61 Å². The third-order valence-electron chi connectivity index (χ3n) is 3.70. The van der Waals surface area contributed by atoms with E-state index in [1.54, 1.807) is 12.3 Å². The molecule has 0 radical (unpaired) electrons. The van der Waals surface area contributed by atoms with Crippen LogP contribution in [0.5, 0.6) is 0 Å². The van der Waals surface area contributed by atoms with Gasteiger partial charge in [-0.05, 0) is 11.6 Å². The molecule has 0 unspecified atom stereocenters. The first-order chi connectivity index (χ1) is 11.8. The smallest absolute Gasteiger partial charge is 0.330 e. The van der Waals surface area contributed by atoms with E-state index in [0.717, 1.165) is 24.6 Å². The summed E-state index contributed by atoms with van der Waals surface area (Å²) in [6.07, 6.45) is 4.69. The van der Waals surface area contributed by atoms with E-state index < -0.39 is 0 Å². The maximum atomic E-state index is 11.8. The van der Waals surface area contributed by atoms with Crippen LogP contribution >= 0.6 is 11.3 Å². The number of hydrogen-bond donors (Lipinski definition) is 0. The zero-order chi connectivity index (χ0) is 16.6. The van der Waals surface area contributed by atoms with Crippen LogP contribution in [0, 0.1) is 0 Å². The number of aromatic nitrogens is 1. The maximum absolute atomic E-state index is 11.8. The summed E-state index contributed by atoms with van der Waals surface area (Å²) < 4.78 is 11.0. The SMILES string of the molecule is O=C(/C=C\c1nccs1)OC[C@H]1CN(Cc2ccccc2)CCO1. The van der Waals surface area contributed by atoms with E-state index in [2.05, 4.69) is 22.0 Å². The lowest BCUT2D eigenvalue weighted by atomic mass is 10.2. The Morgan fingerprint density at radius 3 is 3.08 bits per heavy atom. The summed E-state index contributed by atoms with van der Waals surface area (Å²) in [7, 11) is 0. The second kappa shape index (κ2) is 8.73. The summed E-state index contributed by atoms with van der Waals surface area (Å²) in [5.41, 5.74) is 1.28. The van der Waals surface area contributed by atoms with Crippen LogP contribution in [0.3, 0.4) is 0 Å². The Kier molecular flexibility index (Phi) is 6.12. The molecule has 2 aromatic rings. The average molecular weight is 344 g/mol. The van der Waals surface area contributed by atoms with Crippen molar-refractivity contribution >= 4 is 23.4 Å². The number of morpholine rings is 1. The quantitative estimate of drug-likeness (QED) is 0.595. The fourth-order valence-corrected chi connectivity index (χ4v) is 3.08. The van der Waals surface area contributed by atoms with E-state index in [-0.39, 0.29) is 18.7 Å². The van der Waals surface area contributed by atoms with Crippen LogP contribution in [0.2, 0.25) is 0 Å². The van der Waals surface area contributed by atoms with Gasteiger partial charge in [0.2, 0.25) is 0 Å². The lowest BCUT2D eigenvalue weighted by Crippen LogP contribution is -2.44. The Hall–Kier alpha value is -2.02. The number of nitrogens with zero attached hydrogens (tertiary/aromatic N) is 2. The van der Waals surface area contributed by atoms with Gasteiger partial charge in [-0.1, -0.05) is 30.3 Å². The van der Waals surface area contributed by atoms with Crippen molar-refractivity contribution in [2.24, 2.45) is 0 Å². The zero-order valence-electron chi connectivity index (χ0n) is 13.3. The molecule has 0 bridgehead atoms. The summed E-state index contributed by atoms with van der Waals surface area (Å²) in [6, 6.07) is 10.3. The van der Waals surface area contributed by atoms with Crippen molar-refractivity contribution < 1.29 is 14.3 Å². The molecule has 0 N–H and O–H groups in total. The van der Waals surface area contributed by atoms with Crippen LogP contribution in [-0.4, -0.2) is 48.3 Å². The van der Waals surface area contributed by atoms with Crippen molar-refractivity contribution in [2.75, 3.05) is 26.3 Å². The number of thiazole rings is 1. The first kappa shape index (κ1) is 16.8. The molecule has 5 nitrogen and oxygen atoms in total. The molecule has 2 heterocycles. The van der Waals surface area contributed by atoms with Crippen molar-refractivity contribution in [3.05, 3.63) is 58.6 Å². The van der Waals surface area contributed by atoms with Crippen LogP contribution < -0.4 is 0 Å². The molecule has 1 aromatic carbocycles. The van der Waals surface area contributed by atoms with Gasteiger partial charge in [0.1, 0.15) is 17.7 Å². The minimum Gasteiger partial charge on any atom is -0.460 e. The Bertz CT molecular complexity index is 658. The lowest BCUT2D eigenvalue weighted by molar-refractivity contribution is -0.144. The second-order valence-electron chi connectivity index (χ2n) is 5.55. The molecule has 1 aliphatic heterocycles. The molecule has 1 atom stereocenters. The largest absolute Gasteiger partial charge is 0.460 e. The van der Waals surface area contributed by atoms with Gasteiger partial charge in [-0.15, -0.1) is 11.3 Å². The fraction of sp³-hybridized carbons (Fsp3) is 0.333. The van der Waals surface area contributed by atoms with Gasteiger partial charge in [0.05, 0.1) is 6.61 Å². The van der Waals surface area contributed by atoms with Gasteiger partial charge >= 0.3 is 5.97 Å². The van der Waals surface area contributed by atoms with Gasteiger partial charge in [-0.25, -0.2) is 9.78 Å². The van der Waals surface area contributed by atoms with Crippen molar-refractivity contribution in [1.82, 2.24) is 9.88 Å². The molecular weight excluding hydrogens is 324 g/mol. The van der Waals surface area contributed by atoms with Crippen LogP contribution in [0.4, 0.5) is 0 Å². The van der Waals surface area contributed by atoms with Gasteiger partial charge in [0, 0.05) is 37.3 Å². The second-order valence-corrected chi connectivity index (χ2v) is 6.47. The zero-order valence-corrected chi connectivity index (χ0v) is 14.2. The third kappa shape index (κ3) is 5.26. The Morgan fingerprint density at radius 2 is 2.29 bits per heavy atom. The summed E-state index contributed by atoms with van der Waals surface area (Å²) in [6.45, 7) is 3.47. The van der Waals surface area contributed by atoms with Crippen LogP contribution in [0.1, 0.15) is 10.6 Å². The molecular formula is C18H20N2O3S. The minimum atomic E-state index is -0.367. The van der Waals surface area contributed by atoms with Crippen molar-refractivity contribution in [3.8, 4) is 0 Å². The van der Waals surface area contributed by atoms with Crippen molar-refractivity contribution in [2.45, 2.75) is 12.6 Å². The molecule has 0 amide bonds. The number of carbonyl (C=O) groups is 1. The number of hydrogen-bond acceptors (Lipinski definition) is 6. The average Bonchev–Trinajstić information content (AvgIpc) is 3.13. The van der Waals surface area contributed by atoms with Crippen molar-refractivity contribution in [3.63, 3.8) is 0 Å². The number of ether oxygens (including phenoxy) is 2. The number of benzene rings is 1. The highest BCUT2D eigenvalue weighted by atomic mass is 32.1.